The first kappa shape index (κ1) is 10.7. The summed E-state index contributed by atoms with van der Waals surface area (Å²) in [6, 6.07) is 7.01. The predicted octanol–water partition coefficient (Wildman–Crippen LogP) is 3.43. The van der Waals surface area contributed by atoms with Gasteiger partial charge in [0.25, 0.3) is 0 Å². The molecule has 1 saturated carbocycles. The molecule has 1 N–H and O–H groups in total. The summed E-state index contributed by atoms with van der Waals surface area (Å²) in [6.07, 6.45) is 8.38. The van der Waals surface area contributed by atoms with E-state index in [-0.39, 0.29) is 0 Å². The quantitative estimate of drug-likeness (QED) is 0.811. The Hall–Kier alpha value is -1.18. The third-order valence-corrected chi connectivity index (χ3v) is 5.11. The Morgan fingerprint density at radius 2 is 1.89 bits per heavy atom. The molecule has 2 fully saturated rings. The normalized spacial score (nSPS) is 24.6. The van der Waals surface area contributed by atoms with E-state index in [2.05, 4.69) is 28.4 Å². The Bertz CT molecular complexity index is 452. The molecule has 1 aliphatic carbocycles. The van der Waals surface area contributed by atoms with Crippen LogP contribution in [0, 0.1) is 5.41 Å². The third-order valence-electron chi connectivity index (χ3n) is 5.11. The van der Waals surface area contributed by atoms with E-state index in [0.29, 0.717) is 5.41 Å². The average Bonchev–Trinajstić information content (AvgIpc) is 2.86. The molecule has 4 rings (SSSR count). The largest absolute Gasteiger partial charge is 0.385 e. The first-order chi connectivity index (χ1) is 8.85. The van der Waals surface area contributed by atoms with Crippen LogP contribution in [0.3, 0.4) is 0 Å². The molecule has 1 aromatic carbocycles. The van der Waals surface area contributed by atoms with Crippen molar-refractivity contribution in [1.29, 1.82) is 0 Å². The standard InChI is InChI=1S/C16H22N2/c1-2-8-16(7-1)11-18(12-16)14-5-6-15-13(10-14)4-3-9-17-15/h5-6,10,17H,1-4,7-9,11-12H2. The molecular formula is C16H22N2. The summed E-state index contributed by atoms with van der Waals surface area (Å²) >= 11 is 0. The molecule has 2 heteroatoms. The fourth-order valence-corrected chi connectivity index (χ4v) is 4.05. The maximum atomic E-state index is 3.49. The van der Waals surface area contributed by atoms with Crippen molar-refractivity contribution in [2.75, 3.05) is 29.9 Å². The fourth-order valence-electron chi connectivity index (χ4n) is 4.05. The number of nitrogens with zero attached hydrogens (tertiary/aromatic N) is 1. The van der Waals surface area contributed by atoms with Gasteiger partial charge >= 0.3 is 0 Å². The van der Waals surface area contributed by atoms with Crippen molar-refractivity contribution in [3.05, 3.63) is 23.8 Å². The summed E-state index contributed by atoms with van der Waals surface area (Å²) in [7, 11) is 0. The molecule has 3 aliphatic rings. The van der Waals surface area contributed by atoms with E-state index in [9.17, 15) is 0 Å². The first-order valence-corrected chi connectivity index (χ1v) is 7.47. The molecule has 2 aliphatic heterocycles. The highest BCUT2D eigenvalue weighted by Crippen LogP contribution is 2.47. The highest BCUT2D eigenvalue weighted by atomic mass is 15.2. The zero-order valence-corrected chi connectivity index (χ0v) is 11.0. The van der Waals surface area contributed by atoms with Crippen molar-refractivity contribution in [2.24, 2.45) is 5.41 Å². The minimum Gasteiger partial charge on any atom is -0.385 e. The van der Waals surface area contributed by atoms with Crippen LogP contribution in [-0.4, -0.2) is 19.6 Å². The van der Waals surface area contributed by atoms with E-state index in [4.69, 9.17) is 0 Å². The van der Waals surface area contributed by atoms with Crippen molar-refractivity contribution < 1.29 is 0 Å². The molecule has 0 bridgehead atoms. The van der Waals surface area contributed by atoms with E-state index in [1.54, 1.807) is 0 Å². The summed E-state index contributed by atoms with van der Waals surface area (Å²) in [4.78, 5) is 2.58. The van der Waals surface area contributed by atoms with Gasteiger partial charge in [-0.3, -0.25) is 0 Å². The molecule has 0 radical (unpaired) electrons. The van der Waals surface area contributed by atoms with Gasteiger partial charge in [-0.25, -0.2) is 0 Å². The summed E-state index contributed by atoms with van der Waals surface area (Å²) in [5.74, 6) is 0. The Labute approximate surface area is 109 Å². The van der Waals surface area contributed by atoms with Gasteiger partial charge in [0.1, 0.15) is 0 Å². The Morgan fingerprint density at radius 1 is 1.06 bits per heavy atom. The number of anilines is 2. The van der Waals surface area contributed by atoms with Crippen LogP contribution in [0.25, 0.3) is 0 Å². The second-order valence-corrected chi connectivity index (χ2v) is 6.43. The molecular weight excluding hydrogens is 220 g/mol. The maximum Gasteiger partial charge on any atom is 0.0374 e. The Morgan fingerprint density at radius 3 is 2.72 bits per heavy atom. The highest BCUT2D eigenvalue weighted by molar-refractivity contribution is 5.62. The number of fused-ring (bicyclic) bond motifs is 1. The van der Waals surface area contributed by atoms with Gasteiger partial charge in [0.2, 0.25) is 0 Å². The van der Waals surface area contributed by atoms with Crippen molar-refractivity contribution in [3.63, 3.8) is 0 Å². The first-order valence-electron chi connectivity index (χ1n) is 7.47. The van der Waals surface area contributed by atoms with Crippen LogP contribution >= 0.6 is 0 Å². The molecule has 2 nitrogen and oxygen atoms in total. The predicted molar refractivity (Wildman–Crippen MR) is 76.4 cm³/mol. The van der Waals surface area contributed by atoms with Crippen LogP contribution in [0.1, 0.15) is 37.7 Å². The van der Waals surface area contributed by atoms with Gasteiger partial charge in [-0.1, -0.05) is 12.8 Å². The van der Waals surface area contributed by atoms with E-state index in [0.717, 1.165) is 6.54 Å². The smallest absolute Gasteiger partial charge is 0.0374 e. The number of benzene rings is 1. The van der Waals surface area contributed by atoms with Crippen LogP contribution in [0.4, 0.5) is 11.4 Å². The van der Waals surface area contributed by atoms with Crippen molar-refractivity contribution >= 4 is 11.4 Å². The zero-order chi connectivity index (χ0) is 12.0. The minimum atomic E-state index is 0.703. The van der Waals surface area contributed by atoms with Crippen LogP contribution < -0.4 is 10.2 Å². The number of rotatable bonds is 1. The molecule has 2 heterocycles. The summed E-state index contributed by atoms with van der Waals surface area (Å²) in [5, 5.41) is 3.49. The summed E-state index contributed by atoms with van der Waals surface area (Å²) < 4.78 is 0. The lowest BCUT2D eigenvalue weighted by Crippen LogP contribution is -2.55. The van der Waals surface area contributed by atoms with Gasteiger partial charge in [-0.05, 0) is 49.4 Å². The van der Waals surface area contributed by atoms with E-state index in [1.165, 1.54) is 68.6 Å². The van der Waals surface area contributed by atoms with Crippen LogP contribution in [0.5, 0.6) is 0 Å². The SMILES string of the molecule is c1cc2c(cc1N1CC3(CCCC3)C1)CCCN2. The molecule has 96 valence electrons. The monoisotopic (exact) mass is 242 g/mol. The fraction of sp³-hybridized carbons (Fsp3) is 0.625. The second kappa shape index (κ2) is 3.91. The average molecular weight is 242 g/mol. The van der Waals surface area contributed by atoms with Crippen LogP contribution in [-0.2, 0) is 6.42 Å². The topological polar surface area (TPSA) is 15.3 Å². The lowest BCUT2D eigenvalue weighted by Gasteiger charge is -2.50. The molecule has 0 unspecified atom stereocenters. The van der Waals surface area contributed by atoms with Crippen LogP contribution in [0.2, 0.25) is 0 Å². The van der Waals surface area contributed by atoms with Gasteiger partial charge < -0.3 is 10.2 Å². The van der Waals surface area contributed by atoms with Crippen molar-refractivity contribution in [2.45, 2.75) is 38.5 Å². The Balaban J connectivity index is 1.52. The van der Waals surface area contributed by atoms with Gasteiger partial charge in [0, 0.05) is 36.4 Å². The van der Waals surface area contributed by atoms with E-state index < -0.39 is 0 Å². The second-order valence-electron chi connectivity index (χ2n) is 6.43. The van der Waals surface area contributed by atoms with Gasteiger partial charge in [-0.2, -0.15) is 0 Å². The lowest BCUT2D eigenvalue weighted by molar-refractivity contribution is 0.222. The molecule has 18 heavy (non-hydrogen) atoms. The molecule has 0 atom stereocenters. The van der Waals surface area contributed by atoms with Crippen molar-refractivity contribution in [3.8, 4) is 0 Å². The third kappa shape index (κ3) is 1.62. The van der Waals surface area contributed by atoms with E-state index in [1.807, 2.05) is 0 Å². The zero-order valence-electron chi connectivity index (χ0n) is 11.0. The summed E-state index contributed by atoms with van der Waals surface area (Å²) in [5.41, 5.74) is 5.04. The number of hydrogen-bond donors (Lipinski definition) is 1. The van der Waals surface area contributed by atoms with Crippen LogP contribution in [0.15, 0.2) is 18.2 Å². The Kier molecular flexibility index (Phi) is 2.33. The molecule has 1 spiro atoms. The molecule has 1 saturated heterocycles. The van der Waals surface area contributed by atoms with E-state index >= 15 is 0 Å². The van der Waals surface area contributed by atoms with Gasteiger partial charge in [-0.15, -0.1) is 0 Å². The number of aryl methyl sites for hydroxylation is 1. The molecule has 1 aromatic rings. The van der Waals surface area contributed by atoms with Gasteiger partial charge in [0.15, 0.2) is 0 Å². The number of nitrogens with one attached hydrogen (secondary N) is 1. The number of hydrogen-bond acceptors (Lipinski definition) is 2. The maximum absolute atomic E-state index is 3.49. The highest BCUT2D eigenvalue weighted by Gasteiger charge is 2.44. The molecule has 0 aromatic heterocycles. The minimum absolute atomic E-state index is 0.703. The molecule has 0 amide bonds. The van der Waals surface area contributed by atoms with Crippen molar-refractivity contribution in [1.82, 2.24) is 0 Å². The lowest BCUT2D eigenvalue weighted by atomic mass is 9.78. The van der Waals surface area contributed by atoms with Gasteiger partial charge in [0.05, 0.1) is 0 Å². The summed E-state index contributed by atoms with van der Waals surface area (Å²) in [6.45, 7) is 3.75.